The predicted octanol–water partition coefficient (Wildman–Crippen LogP) is 3.96. The second-order valence-corrected chi connectivity index (χ2v) is 9.14. The Kier molecular flexibility index (Phi) is 4.34. The molecule has 4 nitrogen and oxygen atoms in total. The topological polar surface area (TPSA) is 58.2 Å². The highest BCUT2D eigenvalue weighted by atomic mass is 79.9. The van der Waals surface area contributed by atoms with Gasteiger partial charge >= 0.3 is 0 Å². The van der Waals surface area contributed by atoms with Crippen LogP contribution < -0.4 is 10.9 Å². The van der Waals surface area contributed by atoms with E-state index in [1.54, 1.807) is 6.07 Å². The molecule has 0 radical (unpaired) electrons. The lowest BCUT2D eigenvalue weighted by Gasteiger charge is -2.56. The molecule has 0 saturated heterocycles. The molecule has 4 bridgehead atoms. The third-order valence-electron chi connectivity index (χ3n) is 6.19. The van der Waals surface area contributed by atoms with E-state index in [2.05, 4.69) is 26.8 Å². The van der Waals surface area contributed by atoms with Gasteiger partial charge in [0.2, 0.25) is 5.91 Å². The summed E-state index contributed by atoms with van der Waals surface area (Å²) in [6.07, 6.45) is 7.88. The van der Waals surface area contributed by atoms with Crippen molar-refractivity contribution in [2.75, 3.05) is 0 Å². The zero-order valence-electron chi connectivity index (χ0n) is 14.0. The third-order valence-corrected chi connectivity index (χ3v) is 6.69. The molecule has 2 N–H and O–H groups in total. The van der Waals surface area contributed by atoms with Gasteiger partial charge in [-0.15, -0.1) is 0 Å². The van der Waals surface area contributed by atoms with Crippen LogP contribution in [0.15, 0.2) is 22.7 Å². The van der Waals surface area contributed by atoms with E-state index < -0.39 is 11.7 Å². The van der Waals surface area contributed by atoms with Crippen molar-refractivity contribution < 1.29 is 14.0 Å². The van der Waals surface area contributed by atoms with E-state index in [1.807, 2.05) is 0 Å². The summed E-state index contributed by atoms with van der Waals surface area (Å²) in [6, 6.07) is 4.21. The molecule has 0 aromatic heterocycles. The van der Waals surface area contributed by atoms with Crippen molar-refractivity contribution in [2.45, 2.75) is 44.9 Å². The van der Waals surface area contributed by atoms with Crippen LogP contribution in [0.5, 0.6) is 0 Å². The van der Waals surface area contributed by atoms with Gasteiger partial charge in [0, 0.05) is 10.9 Å². The summed E-state index contributed by atoms with van der Waals surface area (Å²) >= 11 is 3.15. The average molecular weight is 409 g/mol. The molecule has 4 aliphatic rings. The molecule has 0 atom stereocenters. The first-order valence-electron chi connectivity index (χ1n) is 8.97. The third kappa shape index (κ3) is 3.46. The van der Waals surface area contributed by atoms with E-state index in [-0.39, 0.29) is 16.9 Å². The summed E-state index contributed by atoms with van der Waals surface area (Å²) in [5.41, 5.74) is 4.86. The molecule has 1 aromatic rings. The maximum atomic E-state index is 13.8. The second-order valence-electron chi connectivity index (χ2n) is 8.22. The Hall–Kier alpha value is -1.43. The lowest BCUT2D eigenvalue weighted by molar-refractivity contribution is -0.130. The fourth-order valence-electron chi connectivity index (χ4n) is 5.76. The molecule has 0 spiro atoms. The van der Waals surface area contributed by atoms with Crippen molar-refractivity contribution in [2.24, 2.45) is 23.2 Å². The van der Waals surface area contributed by atoms with Crippen LogP contribution in [0.4, 0.5) is 4.39 Å². The van der Waals surface area contributed by atoms with E-state index in [0.717, 1.165) is 37.0 Å². The molecular weight excluding hydrogens is 387 g/mol. The molecule has 2 amide bonds. The monoisotopic (exact) mass is 408 g/mol. The van der Waals surface area contributed by atoms with Gasteiger partial charge in [0.1, 0.15) is 5.82 Å². The number of carbonyl (C=O) groups excluding carboxylic acids is 2. The highest BCUT2D eigenvalue weighted by molar-refractivity contribution is 9.10. The number of nitrogens with one attached hydrogen (secondary N) is 2. The van der Waals surface area contributed by atoms with E-state index in [0.29, 0.717) is 10.9 Å². The van der Waals surface area contributed by atoms with Gasteiger partial charge in [0.15, 0.2) is 0 Å². The normalized spacial score (nSPS) is 32.5. The van der Waals surface area contributed by atoms with Crippen LogP contribution in [0.2, 0.25) is 0 Å². The molecule has 134 valence electrons. The van der Waals surface area contributed by atoms with E-state index in [4.69, 9.17) is 0 Å². The molecule has 0 aliphatic heterocycles. The fourth-order valence-corrected chi connectivity index (χ4v) is 6.09. The van der Waals surface area contributed by atoms with Gasteiger partial charge in [-0.1, -0.05) is 15.9 Å². The van der Waals surface area contributed by atoms with Gasteiger partial charge < -0.3 is 0 Å². The Labute approximate surface area is 155 Å². The molecule has 5 rings (SSSR count). The van der Waals surface area contributed by atoms with Gasteiger partial charge in [0.25, 0.3) is 5.91 Å². The number of halogens is 2. The summed E-state index contributed by atoms with van der Waals surface area (Å²) in [5.74, 6) is 0.917. The van der Waals surface area contributed by atoms with Crippen LogP contribution in [-0.2, 0) is 4.79 Å². The van der Waals surface area contributed by atoms with Crippen molar-refractivity contribution >= 4 is 27.7 Å². The molecule has 4 fully saturated rings. The van der Waals surface area contributed by atoms with Crippen LogP contribution >= 0.6 is 15.9 Å². The lowest BCUT2D eigenvalue weighted by Crippen LogP contribution is -2.50. The zero-order chi connectivity index (χ0) is 17.6. The Bertz CT molecular complexity index is 686. The standard InChI is InChI=1S/C19H22BrFN2O2/c20-14-1-2-15(16(21)6-14)18(25)23-22-17(24)10-19-7-11-3-12(8-19)5-13(4-11)9-19/h1-2,6,11-13H,3-5,7-10H2,(H,22,24)(H,23,25). The van der Waals surface area contributed by atoms with Crippen molar-refractivity contribution in [1.82, 2.24) is 10.9 Å². The summed E-state index contributed by atoms with van der Waals surface area (Å²) < 4.78 is 14.4. The van der Waals surface area contributed by atoms with Crippen LogP contribution in [0, 0.1) is 29.0 Å². The molecule has 4 saturated carbocycles. The van der Waals surface area contributed by atoms with E-state index in [9.17, 15) is 14.0 Å². The van der Waals surface area contributed by atoms with Crippen LogP contribution in [0.1, 0.15) is 55.3 Å². The number of rotatable bonds is 3. The summed E-state index contributed by atoms with van der Waals surface area (Å²) in [4.78, 5) is 24.4. The summed E-state index contributed by atoms with van der Waals surface area (Å²) in [6.45, 7) is 0. The minimum atomic E-state index is -0.635. The van der Waals surface area contributed by atoms with Gasteiger partial charge in [-0.25, -0.2) is 4.39 Å². The van der Waals surface area contributed by atoms with Crippen LogP contribution in [-0.4, -0.2) is 11.8 Å². The van der Waals surface area contributed by atoms with Gasteiger partial charge in [-0.2, -0.15) is 0 Å². The molecule has 0 heterocycles. The Morgan fingerprint density at radius 3 is 2.24 bits per heavy atom. The number of amides is 2. The molecule has 1 aromatic carbocycles. The second kappa shape index (κ2) is 6.38. The minimum absolute atomic E-state index is 0.0849. The van der Waals surface area contributed by atoms with Gasteiger partial charge in [0.05, 0.1) is 5.56 Å². The molecule has 4 aliphatic carbocycles. The first-order chi connectivity index (χ1) is 11.9. The summed E-state index contributed by atoms with van der Waals surface area (Å²) in [5, 5.41) is 0. The maximum absolute atomic E-state index is 13.8. The van der Waals surface area contributed by atoms with Crippen molar-refractivity contribution in [3.63, 3.8) is 0 Å². The van der Waals surface area contributed by atoms with Crippen LogP contribution in [0.25, 0.3) is 0 Å². The predicted molar refractivity (Wildman–Crippen MR) is 94.9 cm³/mol. The SMILES string of the molecule is O=C(CC12CC3CC(CC(C3)C1)C2)NNC(=O)c1ccc(Br)cc1F. The van der Waals surface area contributed by atoms with Crippen molar-refractivity contribution in [1.29, 1.82) is 0 Å². The lowest BCUT2D eigenvalue weighted by atomic mass is 9.49. The molecule has 25 heavy (non-hydrogen) atoms. The fraction of sp³-hybridized carbons (Fsp3) is 0.579. The zero-order valence-corrected chi connectivity index (χ0v) is 15.6. The number of carbonyl (C=O) groups is 2. The number of hydrogen-bond acceptors (Lipinski definition) is 2. The van der Waals surface area contributed by atoms with Gasteiger partial charge in [-0.05, 0) is 79.9 Å². The first kappa shape index (κ1) is 17.0. The average Bonchev–Trinajstić information content (AvgIpc) is 2.50. The Morgan fingerprint density at radius 2 is 1.68 bits per heavy atom. The van der Waals surface area contributed by atoms with Crippen LogP contribution in [0.3, 0.4) is 0 Å². The van der Waals surface area contributed by atoms with E-state index >= 15 is 0 Å². The van der Waals surface area contributed by atoms with Crippen molar-refractivity contribution in [3.05, 3.63) is 34.1 Å². The largest absolute Gasteiger partial charge is 0.273 e. The highest BCUT2D eigenvalue weighted by Gasteiger charge is 2.51. The number of benzene rings is 1. The Balaban J connectivity index is 1.34. The maximum Gasteiger partial charge on any atom is 0.272 e. The smallest absolute Gasteiger partial charge is 0.272 e. The molecule has 0 unspecified atom stereocenters. The summed E-state index contributed by atoms with van der Waals surface area (Å²) in [7, 11) is 0. The first-order valence-corrected chi connectivity index (χ1v) is 9.76. The van der Waals surface area contributed by atoms with Crippen molar-refractivity contribution in [3.8, 4) is 0 Å². The van der Waals surface area contributed by atoms with Gasteiger partial charge in [-0.3, -0.25) is 20.4 Å². The number of hydrogen-bond donors (Lipinski definition) is 2. The molecule has 6 heteroatoms. The Morgan fingerprint density at radius 1 is 1.08 bits per heavy atom. The highest BCUT2D eigenvalue weighted by Crippen LogP contribution is 2.61. The quantitative estimate of drug-likeness (QED) is 0.743. The number of hydrazine groups is 1. The molecular formula is C19H22BrFN2O2. The minimum Gasteiger partial charge on any atom is -0.273 e. The van der Waals surface area contributed by atoms with E-state index in [1.165, 1.54) is 31.4 Å².